The highest BCUT2D eigenvalue weighted by Crippen LogP contribution is 2.25. The summed E-state index contributed by atoms with van der Waals surface area (Å²) in [6.07, 6.45) is -6.70. The molecule has 0 bridgehead atoms. The number of aromatic nitrogens is 3. The van der Waals surface area contributed by atoms with E-state index in [1.54, 1.807) is 0 Å². The molecule has 140 valence electrons. The third-order valence-electron chi connectivity index (χ3n) is 3.46. The lowest BCUT2D eigenvalue weighted by Gasteiger charge is -2.18. The van der Waals surface area contributed by atoms with Crippen molar-refractivity contribution in [3.63, 3.8) is 0 Å². The number of hydrogen-bond acceptors (Lipinski definition) is 5. The molecule has 0 amide bonds. The van der Waals surface area contributed by atoms with Crippen molar-refractivity contribution in [1.29, 1.82) is 0 Å². The first-order valence-electron chi connectivity index (χ1n) is 7.48. The van der Waals surface area contributed by atoms with Gasteiger partial charge in [-0.15, -0.1) is 0 Å². The van der Waals surface area contributed by atoms with Gasteiger partial charge >= 0.3 is 12.4 Å². The third kappa shape index (κ3) is 5.50. The summed E-state index contributed by atoms with van der Waals surface area (Å²) in [7, 11) is 0. The molecule has 5 nitrogen and oxygen atoms in total. The molecular formula is C15H13F6N5. The monoisotopic (exact) mass is 377 g/mol. The van der Waals surface area contributed by atoms with Crippen LogP contribution in [0.3, 0.4) is 0 Å². The quantitative estimate of drug-likeness (QED) is 0.438. The molecule has 1 aliphatic carbocycles. The molecule has 1 fully saturated rings. The number of nitrogens with zero attached hydrogens (tertiary/aromatic N) is 5. The van der Waals surface area contributed by atoms with Crippen LogP contribution in [0.5, 0.6) is 0 Å². The Kier molecular flexibility index (Phi) is 5.63. The van der Waals surface area contributed by atoms with Crippen molar-refractivity contribution in [2.24, 2.45) is 15.9 Å². The molecule has 0 atom stereocenters. The lowest BCUT2D eigenvalue weighted by molar-refractivity contribution is -0.0599. The topological polar surface area (TPSA) is 63.4 Å². The average molecular weight is 377 g/mol. The largest absolute Gasteiger partial charge is 0.429 e. The van der Waals surface area contributed by atoms with Crippen LogP contribution in [0.1, 0.15) is 38.9 Å². The second-order valence-electron chi connectivity index (χ2n) is 5.55. The van der Waals surface area contributed by atoms with Crippen LogP contribution >= 0.6 is 0 Å². The van der Waals surface area contributed by atoms with E-state index in [2.05, 4.69) is 36.8 Å². The second-order valence-corrected chi connectivity index (χ2v) is 5.55. The molecule has 0 unspecified atom stereocenters. The van der Waals surface area contributed by atoms with Crippen molar-refractivity contribution in [2.45, 2.75) is 45.5 Å². The molecule has 1 heterocycles. The first kappa shape index (κ1) is 19.8. The molecule has 0 saturated heterocycles. The Balaban J connectivity index is 2.46. The molecule has 1 aromatic rings. The van der Waals surface area contributed by atoms with Gasteiger partial charge in [0.15, 0.2) is 0 Å². The number of rotatable bonds is 2. The Bertz CT molecular complexity index is 745. The van der Waals surface area contributed by atoms with Gasteiger partial charge in [0, 0.05) is 5.92 Å². The molecule has 0 aliphatic heterocycles. The lowest BCUT2D eigenvalue weighted by Crippen LogP contribution is -2.19. The van der Waals surface area contributed by atoms with Crippen molar-refractivity contribution >= 4 is 23.3 Å². The highest BCUT2D eigenvalue weighted by atomic mass is 19.4. The normalized spacial score (nSPS) is 16.8. The minimum atomic E-state index is -4.73. The van der Waals surface area contributed by atoms with Gasteiger partial charge in [-0.05, 0) is 32.6 Å². The second kappa shape index (κ2) is 7.39. The van der Waals surface area contributed by atoms with Gasteiger partial charge in [-0.3, -0.25) is 0 Å². The van der Waals surface area contributed by atoms with E-state index < -0.39 is 35.7 Å². The minimum absolute atomic E-state index is 0.111. The molecular weight excluding hydrogens is 364 g/mol. The van der Waals surface area contributed by atoms with Crippen LogP contribution in [-0.4, -0.2) is 38.7 Å². The predicted octanol–water partition coefficient (Wildman–Crippen LogP) is 4.33. The van der Waals surface area contributed by atoms with Gasteiger partial charge in [0.1, 0.15) is 11.4 Å². The molecule has 26 heavy (non-hydrogen) atoms. The fourth-order valence-electron chi connectivity index (χ4n) is 1.66. The van der Waals surface area contributed by atoms with Gasteiger partial charge in [-0.1, -0.05) is 12.3 Å². The number of alkyl halides is 6. The lowest BCUT2D eigenvalue weighted by atomic mass is 9.86. The smallest absolute Gasteiger partial charge is 0.211 e. The van der Waals surface area contributed by atoms with E-state index >= 15 is 0 Å². The highest BCUT2D eigenvalue weighted by Gasteiger charge is 2.33. The van der Waals surface area contributed by atoms with Crippen LogP contribution in [0.2, 0.25) is 0 Å². The Morgan fingerprint density at radius 1 is 0.885 bits per heavy atom. The summed E-state index contributed by atoms with van der Waals surface area (Å²) in [6, 6.07) is 0. The zero-order valence-electron chi connectivity index (χ0n) is 13.7. The zero-order chi connectivity index (χ0) is 19.5. The first-order valence-corrected chi connectivity index (χ1v) is 7.48. The van der Waals surface area contributed by atoms with Crippen LogP contribution in [0, 0.1) is 17.8 Å². The Labute approximate surface area is 144 Å². The van der Waals surface area contributed by atoms with E-state index in [0.717, 1.165) is 19.3 Å². The van der Waals surface area contributed by atoms with Gasteiger partial charge in [0.05, 0.1) is 0 Å². The maximum Gasteiger partial charge on any atom is 0.429 e. The van der Waals surface area contributed by atoms with Crippen molar-refractivity contribution in [1.82, 2.24) is 15.0 Å². The van der Waals surface area contributed by atoms with Gasteiger partial charge < -0.3 is 0 Å². The SMILES string of the molecule is C/C(=N\c1nc(C#CC2CCC2)nc(/N=C(\C)C(F)(F)F)n1)C(F)(F)F. The van der Waals surface area contributed by atoms with E-state index in [0.29, 0.717) is 13.8 Å². The van der Waals surface area contributed by atoms with Crippen LogP contribution in [0.25, 0.3) is 0 Å². The Hall–Kier alpha value is -2.51. The molecule has 0 aromatic carbocycles. The third-order valence-corrected chi connectivity index (χ3v) is 3.46. The van der Waals surface area contributed by atoms with Gasteiger partial charge in [-0.25, -0.2) is 9.98 Å². The van der Waals surface area contributed by atoms with Gasteiger partial charge in [0.25, 0.3) is 11.9 Å². The fraction of sp³-hybridized carbons (Fsp3) is 0.533. The molecule has 1 aromatic heterocycles. The maximum atomic E-state index is 12.6. The van der Waals surface area contributed by atoms with Crippen LogP contribution in [0.15, 0.2) is 9.98 Å². The van der Waals surface area contributed by atoms with Crippen LogP contribution in [0.4, 0.5) is 38.2 Å². The molecule has 0 radical (unpaired) electrons. The van der Waals surface area contributed by atoms with E-state index in [1.165, 1.54) is 0 Å². The van der Waals surface area contributed by atoms with E-state index in [9.17, 15) is 26.3 Å². The summed E-state index contributed by atoms with van der Waals surface area (Å²) in [5.74, 6) is 3.76. The average Bonchev–Trinajstić information content (AvgIpc) is 2.43. The van der Waals surface area contributed by atoms with Crippen LogP contribution < -0.4 is 0 Å². The number of aliphatic imine (C=N–C) groups is 2. The standard InChI is InChI=1S/C15H13F6N5/c1-8(14(16,17)18)22-12-24-11(7-6-10-4-3-5-10)25-13(26-12)23-9(2)15(19,20)21/h10H,3-5H2,1-2H3/b22-8+,23-9+. The first-order chi connectivity index (χ1) is 11.9. The van der Waals surface area contributed by atoms with E-state index in [1.807, 2.05) is 0 Å². The summed E-state index contributed by atoms with van der Waals surface area (Å²) < 4.78 is 75.6. The Morgan fingerprint density at radius 2 is 1.35 bits per heavy atom. The molecule has 1 aliphatic rings. The maximum absolute atomic E-state index is 12.6. The summed E-state index contributed by atoms with van der Waals surface area (Å²) in [5, 5.41) is 0. The van der Waals surface area contributed by atoms with E-state index in [-0.39, 0.29) is 11.7 Å². The van der Waals surface area contributed by atoms with Gasteiger partial charge in [0.2, 0.25) is 5.82 Å². The Morgan fingerprint density at radius 3 is 1.69 bits per heavy atom. The molecule has 0 N–H and O–H groups in total. The minimum Gasteiger partial charge on any atom is -0.211 e. The summed E-state index contributed by atoms with van der Waals surface area (Å²) in [5.41, 5.74) is -2.52. The van der Waals surface area contributed by atoms with E-state index in [4.69, 9.17) is 0 Å². The van der Waals surface area contributed by atoms with Gasteiger partial charge in [-0.2, -0.15) is 41.3 Å². The van der Waals surface area contributed by atoms with Crippen molar-refractivity contribution in [3.05, 3.63) is 5.82 Å². The predicted molar refractivity (Wildman–Crippen MR) is 81.7 cm³/mol. The fourth-order valence-corrected chi connectivity index (χ4v) is 1.66. The molecule has 11 heteroatoms. The molecule has 0 spiro atoms. The van der Waals surface area contributed by atoms with Crippen molar-refractivity contribution < 1.29 is 26.3 Å². The number of hydrogen-bond donors (Lipinski definition) is 0. The summed E-state index contributed by atoms with van der Waals surface area (Å²) in [4.78, 5) is 17.1. The molecule has 2 rings (SSSR count). The summed E-state index contributed by atoms with van der Waals surface area (Å²) >= 11 is 0. The highest BCUT2D eigenvalue weighted by molar-refractivity contribution is 5.89. The van der Waals surface area contributed by atoms with Crippen molar-refractivity contribution in [3.8, 4) is 11.8 Å². The van der Waals surface area contributed by atoms with Crippen LogP contribution in [-0.2, 0) is 0 Å². The number of halogens is 6. The molecule has 1 saturated carbocycles. The van der Waals surface area contributed by atoms with Crippen molar-refractivity contribution in [2.75, 3.05) is 0 Å². The zero-order valence-corrected chi connectivity index (χ0v) is 13.7. The summed E-state index contributed by atoms with van der Waals surface area (Å²) in [6.45, 7) is 1.38.